The van der Waals surface area contributed by atoms with Crippen molar-refractivity contribution in [2.75, 3.05) is 38.3 Å². The summed E-state index contributed by atoms with van der Waals surface area (Å²) in [5.74, 6) is 0. The number of aromatic nitrogens is 1. The Morgan fingerprint density at radius 2 is 2.25 bits per heavy atom. The van der Waals surface area contributed by atoms with E-state index in [9.17, 15) is 9.50 Å². The Morgan fingerprint density at radius 1 is 1.50 bits per heavy atom. The van der Waals surface area contributed by atoms with Gasteiger partial charge in [-0.2, -0.15) is 0 Å². The van der Waals surface area contributed by atoms with Crippen LogP contribution in [-0.4, -0.2) is 60.7 Å². The lowest BCUT2D eigenvalue weighted by atomic mass is 10.1. The number of anilines is 1. The maximum atomic E-state index is 13.4. The fraction of sp³-hybridized carbons (Fsp3) is 0.643. The molecule has 2 heterocycles. The highest BCUT2D eigenvalue weighted by Gasteiger charge is 2.28. The van der Waals surface area contributed by atoms with Crippen LogP contribution in [0.4, 0.5) is 10.1 Å². The number of β-amino-alcohol motifs (C(OH)–C–C–N with tert-alkyl or cyclic N) is 1. The molecule has 2 rings (SSSR count). The maximum absolute atomic E-state index is 13.4. The van der Waals surface area contributed by atoms with Gasteiger partial charge in [-0.15, -0.1) is 11.8 Å². The van der Waals surface area contributed by atoms with Crippen LogP contribution >= 0.6 is 11.8 Å². The van der Waals surface area contributed by atoms with Gasteiger partial charge in [0, 0.05) is 19.6 Å². The van der Waals surface area contributed by atoms with Crippen molar-refractivity contribution >= 4 is 17.4 Å². The second-order valence-corrected chi connectivity index (χ2v) is 6.20. The Bertz CT molecular complexity index is 458. The van der Waals surface area contributed by atoms with Crippen molar-refractivity contribution in [3.8, 4) is 0 Å². The number of rotatable bonds is 4. The third kappa shape index (κ3) is 3.62. The number of piperidine rings is 1. The van der Waals surface area contributed by atoms with Crippen molar-refractivity contribution in [3.05, 3.63) is 17.8 Å². The van der Waals surface area contributed by atoms with Gasteiger partial charge in [0.25, 0.3) is 0 Å². The molecule has 0 unspecified atom stereocenters. The first-order valence-corrected chi connectivity index (χ1v) is 7.99. The van der Waals surface area contributed by atoms with Crippen LogP contribution in [0, 0.1) is 0 Å². The first-order valence-electron chi connectivity index (χ1n) is 6.77. The third-order valence-electron chi connectivity index (χ3n) is 3.44. The topological polar surface area (TPSA) is 39.6 Å². The van der Waals surface area contributed by atoms with Crippen LogP contribution in [0.5, 0.6) is 0 Å². The van der Waals surface area contributed by atoms with Crippen LogP contribution < -0.4 is 4.90 Å². The second kappa shape index (κ2) is 6.74. The molecular formula is C14H22FN3OS. The van der Waals surface area contributed by atoms with Gasteiger partial charge in [0.15, 0.2) is 0 Å². The number of alkyl halides is 1. The lowest BCUT2D eigenvalue weighted by Gasteiger charge is -2.35. The van der Waals surface area contributed by atoms with Crippen LogP contribution in [0.25, 0.3) is 0 Å². The summed E-state index contributed by atoms with van der Waals surface area (Å²) in [6.07, 6.45) is 0.352. The quantitative estimate of drug-likeness (QED) is 0.858. The summed E-state index contributed by atoms with van der Waals surface area (Å²) in [4.78, 5) is 8.76. The first kappa shape index (κ1) is 15.5. The van der Waals surface area contributed by atoms with Crippen molar-refractivity contribution < 1.29 is 9.50 Å². The summed E-state index contributed by atoms with van der Waals surface area (Å²) >= 11 is 1.61. The van der Waals surface area contributed by atoms with E-state index >= 15 is 0 Å². The third-order valence-corrected chi connectivity index (χ3v) is 4.09. The van der Waals surface area contributed by atoms with E-state index in [1.54, 1.807) is 11.8 Å². The minimum atomic E-state index is -1.11. The van der Waals surface area contributed by atoms with Crippen molar-refractivity contribution in [2.24, 2.45) is 0 Å². The van der Waals surface area contributed by atoms with E-state index in [4.69, 9.17) is 0 Å². The number of halogens is 1. The van der Waals surface area contributed by atoms with Crippen molar-refractivity contribution in [1.82, 2.24) is 9.88 Å². The number of thioether (sulfide) groups is 1. The molecule has 0 aromatic carbocycles. The predicted molar refractivity (Wildman–Crippen MR) is 81.1 cm³/mol. The van der Waals surface area contributed by atoms with Gasteiger partial charge < -0.3 is 14.9 Å². The van der Waals surface area contributed by atoms with Crippen LogP contribution in [0.3, 0.4) is 0 Å². The van der Waals surface area contributed by atoms with Crippen LogP contribution in [-0.2, 0) is 6.54 Å². The summed E-state index contributed by atoms with van der Waals surface area (Å²) in [7, 11) is 4.00. The fourth-order valence-electron chi connectivity index (χ4n) is 2.41. The Morgan fingerprint density at radius 3 is 2.85 bits per heavy atom. The van der Waals surface area contributed by atoms with Crippen molar-refractivity contribution in [1.29, 1.82) is 0 Å². The molecule has 20 heavy (non-hydrogen) atoms. The summed E-state index contributed by atoms with van der Waals surface area (Å²) in [5.41, 5.74) is 1.98. The molecule has 1 N–H and O–H groups in total. The monoisotopic (exact) mass is 299 g/mol. The van der Waals surface area contributed by atoms with Gasteiger partial charge in [0.05, 0.1) is 16.4 Å². The lowest BCUT2D eigenvalue weighted by Crippen LogP contribution is -2.45. The molecule has 0 bridgehead atoms. The van der Waals surface area contributed by atoms with E-state index in [2.05, 4.69) is 9.88 Å². The number of hydrogen-bond donors (Lipinski definition) is 1. The number of aliphatic hydroxyl groups excluding tert-OH is 1. The van der Waals surface area contributed by atoms with Gasteiger partial charge in [0.2, 0.25) is 0 Å². The summed E-state index contributed by atoms with van der Waals surface area (Å²) in [5, 5.41) is 10.7. The van der Waals surface area contributed by atoms with E-state index in [1.165, 1.54) is 0 Å². The highest BCUT2D eigenvalue weighted by molar-refractivity contribution is 7.98. The molecule has 4 nitrogen and oxygen atoms in total. The number of hydrogen-bond acceptors (Lipinski definition) is 5. The van der Waals surface area contributed by atoms with Crippen molar-refractivity contribution in [2.45, 2.75) is 30.3 Å². The maximum Gasteiger partial charge on any atom is 0.129 e. The molecule has 1 aromatic rings. The molecule has 6 heteroatoms. The van der Waals surface area contributed by atoms with Gasteiger partial charge in [-0.3, -0.25) is 0 Å². The van der Waals surface area contributed by atoms with Gasteiger partial charge in [-0.05, 0) is 38.9 Å². The average molecular weight is 299 g/mol. The smallest absolute Gasteiger partial charge is 0.129 e. The van der Waals surface area contributed by atoms with E-state index in [-0.39, 0.29) is 0 Å². The van der Waals surface area contributed by atoms with Crippen LogP contribution in [0.2, 0.25) is 0 Å². The van der Waals surface area contributed by atoms with Crippen LogP contribution in [0.15, 0.2) is 17.2 Å². The second-order valence-electron chi connectivity index (χ2n) is 5.38. The predicted octanol–water partition coefficient (Wildman–Crippen LogP) is 1.77. The van der Waals surface area contributed by atoms with Gasteiger partial charge in [-0.1, -0.05) is 0 Å². The number of aliphatic hydroxyl groups is 1. The molecule has 0 saturated carbocycles. The minimum Gasteiger partial charge on any atom is -0.388 e. The summed E-state index contributed by atoms with van der Waals surface area (Å²) in [6.45, 7) is 1.69. The number of nitrogens with zero attached hydrogens (tertiary/aromatic N) is 3. The molecule has 1 aliphatic heterocycles. The highest BCUT2D eigenvalue weighted by Crippen LogP contribution is 2.27. The largest absolute Gasteiger partial charge is 0.388 e. The molecule has 1 aromatic heterocycles. The molecule has 1 saturated heterocycles. The zero-order valence-corrected chi connectivity index (χ0v) is 13.0. The molecule has 0 radical (unpaired) electrons. The van der Waals surface area contributed by atoms with E-state index in [1.807, 2.05) is 37.4 Å². The first-order chi connectivity index (χ1) is 9.51. The van der Waals surface area contributed by atoms with Gasteiger partial charge in [0.1, 0.15) is 12.3 Å². The molecule has 112 valence electrons. The fourth-order valence-corrected chi connectivity index (χ4v) is 2.82. The highest BCUT2D eigenvalue weighted by atomic mass is 32.2. The van der Waals surface area contributed by atoms with Gasteiger partial charge >= 0.3 is 0 Å². The Labute approximate surface area is 124 Å². The molecule has 0 amide bonds. The van der Waals surface area contributed by atoms with Crippen LogP contribution in [0.1, 0.15) is 12.1 Å². The van der Waals surface area contributed by atoms with E-state index < -0.39 is 12.3 Å². The number of pyridine rings is 1. The minimum absolute atomic E-state index is 0.335. The average Bonchev–Trinajstić information content (AvgIpc) is 2.41. The zero-order chi connectivity index (χ0) is 14.7. The zero-order valence-electron chi connectivity index (χ0n) is 12.2. The van der Waals surface area contributed by atoms with E-state index in [0.29, 0.717) is 19.5 Å². The lowest BCUT2D eigenvalue weighted by molar-refractivity contribution is 0.0644. The SMILES string of the molecule is CSc1ccc(N2CC[C@H](F)[C@@H](O)C2)c(CN(C)C)n1. The Balaban J connectivity index is 2.25. The molecule has 2 atom stereocenters. The summed E-state index contributed by atoms with van der Waals surface area (Å²) in [6, 6.07) is 4.01. The summed E-state index contributed by atoms with van der Waals surface area (Å²) < 4.78 is 13.4. The molecule has 0 aliphatic carbocycles. The normalized spacial score (nSPS) is 23.4. The molecule has 1 fully saturated rings. The van der Waals surface area contributed by atoms with E-state index in [0.717, 1.165) is 23.0 Å². The standard InChI is InChI=1S/C14H22FN3OS/c1-17(2)8-11-12(4-5-14(16-11)20-3)18-7-6-10(15)13(19)9-18/h4-5,10,13,19H,6-9H2,1-3H3/t10-,13-/m0/s1. The molecule has 1 aliphatic rings. The molecule has 0 spiro atoms. The molecular weight excluding hydrogens is 277 g/mol. The van der Waals surface area contributed by atoms with Crippen molar-refractivity contribution in [3.63, 3.8) is 0 Å². The van der Waals surface area contributed by atoms with Gasteiger partial charge in [-0.25, -0.2) is 9.37 Å². The Hall–Kier alpha value is -0.850. The Kier molecular flexibility index (Phi) is 5.23.